The molecule has 2 fully saturated rings. The normalized spacial score (nSPS) is 26.0. The molecule has 0 radical (unpaired) electrons. The molecule has 4 rings (SSSR count). The van der Waals surface area contributed by atoms with Gasteiger partial charge in [0.25, 0.3) is 0 Å². The highest BCUT2D eigenvalue weighted by Gasteiger charge is 2.31. The van der Waals surface area contributed by atoms with E-state index < -0.39 is 0 Å². The van der Waals surface area contributed by atoms with Gasteiger partial charge in [-0.1, -0.05) is 25.0 Å². The van der Waals surface area contributed by atoms with Crippen molar-refractivity contribution in [2.24, 2.45) is 0 Å². The summed E-state index contributed by atoms with van der Waals surface area (Å²) in [5.74, 6) is 0.954. The van der Waals surface area contributed by atoms with E-state index in [1.165, 1.54) is 12.8 Å². The standard InChI is InChI=1S/C20H26BrN3O/c21-16-5-3-4-14-8-9-19(23-20(14)16)22-15-10-12-24(13-11-15)17-6-1-2-7-18(17)25/h3-5,8-9,15,17-18,25H,1-2,6-7,10-13H2,(H,22,23). The Kier molecular flexibility index (Phi) is 5.25. The molecule has 2 heterocycles. The maximum atomic E-state index is 10.3. The summed E-state index contributed by atoms with van der Waals surface area (Å²) in [6.45, 7) is 2.13. The van der Waals surface area contributed by atoms with Crippen molar-refractivity contribution in [2.75, 3.05) is 18.4 Å². The summed E-state index contributed by atoms with van der Waals surface area (Å²) in [5, 5.41) is 15.0. The molecule has 2 N–H and O–H groups in total. The predicted molar refractivity (Wildman–Crippen MR) is 106 cm³/mol. The van der Waals surface area contributed by atoms with Crippen molar-refractivity contribution in [3.8, 4) is 0 Å². The second-order valence-electron chi connectivity index (χ2n) is 7.38. The number of nitrogens with one attached hydrogen (secondary N) is 1. The molecule has 1 aromatic heterocycles. The number of aliphatic hydroxyl groups excluding tert-OH is 1. The first kappa shape index (κ1) is 17.3. The number of fused-ring (bicyclic) bond motifs is 1. The molecule has 2 aromatic rings. The molecule has 1 aliphatic heterocycles. The molecule has 0 amide bonds. The number of anilines is 1. The molecule has 4 nitrogen and oxygen atoms in total. The lowest BCUT2D eigenvalue weighted by atomic mass is 9.89. The maximum Gasteiger partial charge on any atom is 0.126 e. The number of piperidine rings is 1. The Balaban J connectivity index is 1.38. The Morgan fingerprint density at radius 3 is 2.64 bits per heavy atom. The van der Waals surface area contributed by atoms with Gasteiger partial charge in [0.2, 0.25) is 0 Å². The minimum Gasteiger partial charge on any atom is -0.391 e. The summed E-state index contributed by atoms with van der Waals surface area (Å²) >= 11 is 3.59. The second kappa shape index (κ2) is 7.60. The Morgan fingerprint density at radius 2 is 1.84 bits per heavy atom. The molecular formula is C20H26BrN3O. The number of para-hydroxylation sites is 1. The van der Waals surface area contributed by atoms with E-state index in [1.807, 2.05) is 12.1 Å². The quantitative estimate of drug-likeness (QED) is 0.806. The zero-order chi connectivity index (χ0) is 17.2. The van der Waals surface area contributed by atoms with Gasteiger partial charge in [-0.2, -0.15) is 0 Å². The van der Waals surface area contributed by atoms with Crippen LogP contribution in [0.25, 0.3) is 10.9 Å². The highest BCUT2D eigenvalue weighted by molar-refractivity contribution is 9.10. The van der Waals surface area contributed by atoms with E-state index in [2.05, 4.69) is 44.3 Å². The lowest BCUT2D eigenvalue weighted by molar-refractivity contribution is 0.00992. The number of nitrogens with zero attached hydrogens (tertiary/aromatic N) is 2. The molecule has 1 aromatic carbocycles. The Morgan fingerprint density at radius 1 is 1.04 bits per heavy atom. The number of pyridine rings is 1. The van der Waals surface area contributed by atoms with Crippen molar-refractivity contribution < 1.29 is 5.11 Å². The lowest BCUT2D eigenvalue weighted by Crippen LogP contribution is -2.50. The molecule has 1 saturated carbocycles. The third-order valence-corrected chi connectivity index (χ3v) is 6.36. The zero-order valence-corrected chi connectivity index (χ0v) is 16.1. The highest BCUT2D eigenvalue weighted by Crippen LogP contribution is 2.27. The number of benzene rings is 1. The minimum absolute atomic E-state index is 0.127. The van der Waals surface area contributed by atoms with Gasteiger partial charge in [-0.05, 0) is 59.8 Å². The summed E-state index contributed by atoms with van der Waals surface area (Å²) in [4.78, 5) is 7.28. The van der Waals surface area contributed by atoms with E-state index in [0.29, 0.717) is 12.1 Å². The summed E-state index contributed by atoms with van der Waals surface area (Å²) < 4.78 is 1.04. The van der Waals surface area contributed by atoms with Crippen molar-refractivity contribution >= 4 is 32.7 Å². The van der Waals surface area contributed by atoms with Gasteiger partial charge in [-0.25, -0.2) is 4.98 Å². The number of hydrogen-bond acceptors (Lipinski definition) is 4. The van der Waals surface area contributed by atoms with Gasteiger partial charge in [-0.15, -0.1) is 0 Å². The smallest absolute Gasteiger partial charge is 0.126 e. The van der Waals surface area contributed by atoms with Crippen LogP contribution < -0.4 is 5.32 Å². The van der Waals surface area contributed by atoms with Gasteiger partial charge in [0.05, 0.1) is 11.6 Å². The van der Waals surface area contributed by atoms with Gasteiger partial charge < -0.3 is 10.4 Å². The monoisotopic (exact) mass is 403 g/mol. The molecule has 0 spiro atoms. The first-order valence-corrected chi connectivity index (χ1v) is 10.2. The van der Waals surface area contributed by atoms with Crippen molar-refractivity contribution in [1.82, 2.24) is 9.88 Å². The third-order valence-electron chi connectivity index (χ3n) is 5.72. The van der Waals surface area contributed by atoms with Crippen LogP contribution in [0, 0.1) is 0 Å². The molecule has 5 heteroatoms. The van der Waals surface area contributed by atoms with Crippen LogP contribution in [0.1, 0.15) is 38.5 Å². The van der Waals surface area contributed by atoms with E-state index >= 15 is 0 Å². The number of likely N-dealkylation sites (tertiary alicyclic amines) is 1. The third kappa shape index (κ3) is 3.83. The van der Waals surface area contributed by atoms with Gasteiger partial charge >= 0.3 is 0 Å². The lowest BCUT2D eigenvalue weighted by Gasteiger charge is -2.41. The first-order chi connectivity index (χ1) is 12.2. The maximum absolute atomic E-state index is 10.3. The number of aromatic nitrogens is 1. The summed E-state index contributed by atoms with van der Waals surface area (Å²) in [6.07, 6.45) is 6.66. The molecule has 1 aliphatic carbocycles. The second-order valence-corrected chi connectivity index (χ2v) is 8.24. The number of halogens is 1. The molecule has 25 heavy (non-hydrogen) atoms. The van der Waals surface area contributed by atoms with Crippen molar-refractivity contribution in [2.45, 2.75) is 56.7 Å². The SMILES string of the molecule is OC1CCCCC1N1CCC(Nc2ccc3cccc(Br)c3n2)CC1. The fourth-order valence-electron chi connectivity index (χ4n) is 4.29. The fraction of sp³-hybridized carbons (Fsp3) is 0.550. The van der Waals surface area contributed by atoms with Gasteiger partial charge in [0.1, 0.15) is 5.82 Å². The van der Waals surface area contributed by atoms with Crippen LogP contribution in [-0.4, -0.2) is 46.3 Å². The van der Waals surface area contributed by atoms with E-state index in [1.54, 1.807) is 0 Å². The van der Waals surface area contributed by atoms with Crippen molar-refractivity contribution in [1.29, 1.82) is 0 Å². The van der Waals surface area contributed by atoms with Crippen LogP contribution >= 0.6 is 15.9 Å². The van der Waals surface area contributed by atoms with E-state index in [0.717, 1.165) is 60.0 Å². The molecular weight excluding hydrogens is 378 g/mol. The van der Waals surface area contributed by atoms with Gasteiger partial charge in [0.15, 0.2) is 0 Å². The summed E-state index contributed by atoms with van der Waals surface area (Å²) in [7, 11) is 0. The van der Waals surface area contributed by atoms with Crippen molar-refractivity contribution in [3.63, 3.8) is 0 Å². The fourth-order valence-corrected chi connectivity index (χ4v) is 4.76. The summed E-state index contributed by atoms with van der Waals surface area (Å²) in [5.41, 5.74) is 1.01. The Bertz CT molecular complexity index is 730. The first-order valence-electron chi connectivity index (χ1n) is 9.44. The molecule has 2 unspecified atom stereocenters. The Labute approximate surface area is 157 Å². The van der Waals surface area contributed by atoms with Crippen LogP contribution in [0.4, 0.5) is 5.82 Å². The zero-order valence-electron chi connectivity index (χ0n) is 14.5. The average Bonchev–Trinajstić information content (AvgIpc) is 2.64. The van der Waals surface area contributed by atoms with Crippen LogP contribution in [-0.2, 0) is 0 Å². The molecule has 2 aliphatic rings. The molecule has 2 atom stereocenters. The predicted octanol–water partition coefficient (Wildman–Crippen LogP) is 4.18. The summed E-state index contributed by atoms with van der Waals surface area (Å²) in [6, 6.07) is 11.2. The topological polar surface area (TPSA) is 48.4 Å². The minimum atomic E-state index is -0.127. The number of aliphatic hydroxyl groups is 1. The van der Waals surface area contributed by atoms with E-state index in [4.69, 9.17) is 4.98 Å². The largest absolute Gasteiger partial charge is 0.391 e. The van der Waals surface area contributed by atoms with Gasteiger partial charge in [0, 0.05) is 35.0 Å². The van der Waals surface area contributed by atoms with Crippen LogP contribution in [0.3, 0.4) is 0 Å². The molecule has 134 valence electrons. The van der Waals surface area contributed by atoms with Crippen LogP contribution in [0.2, 0.25) is 0 Å². The highest BCUT2D eigenvalue weighted by atomic mass is 79.9. The van der Waals surface area contributed by atoms with Crippen molar-refractivity contribution in [3.05, 3.63) is 34.8 Å². The van der Waals surface area contributed by atoms with Crippen LogP contribution in [0.5, 0.6) is 0 Å². The van der Waals surface area contributed by atoms with E-state index in [-0.39, 0.29) is 6.10 Å². The van der Waals surface area contributed by atoms with E-state index in [9.17, 15) is 5.11 Å². The Hall–Kier alpha value is -1.17. The number of hydrogen-bond donors (Lipinski definition) is 2. The average molecular weight is 404 g/mol. The molecule has 0 bridgehead atoms. The van der Waals surface area contributed by atoms with Gasteiger partial charge in [-0.3, -0.25) is 4.90 Å². The van der Waals surface area contributed by atoms with Crippen LogP contribution in [0.15, 0.2) is 34.8 Å². The number of rotatable bonds is 3. The molecule has 1 saturated heterocycles.